The van der Waals surface area contributed by atoms with Gasteiger partial charge >= 0.3 is 5.76 Å². The third-order valence-electron chi connectivity index (χ3n) is 3.65. The standard InChI is InChI=1S/C18H27N3O4/c1-13(2)12-24-10-7-17(22)19-14-5-6-16-15(11-14)21(18(23)25-16)9-8-20(3)4/h5-6,11,13H,7-10,12H2,1-4H3,(H,19,22). The molecule has 0 unspecified atom stereocenters. The molecule has 0 aliphatic rings. The van der Waals surface area contributed by atoms with Crippen LogP contribution in [0.3, 0.4) is 0 Å². The molecule has 0 radical (unpaired) electrons. The summed E-state index contributed by atoms with van der Waals surface area (Å²) in [5, 5.41) is 2.84. The van der Waals surface area contributed by atoms with Gasteiger partial charge in [0.2, 0.25) is 5.91 Å². The van der Waals surface area contributed by atoms with Gasteiger partial charge < -0.3 is 19.4 Å². The molecule has 0 aliphatic carbocycles. The minimum absolute atomic E-state index is 0.117. The van der Waals surface area contributed by atoms with E-state index in [2.05, 4.69) is 19.2 Å². The molecule has 1 aromatic heterocycles. The minimum Gasteiger partial charge on any atom is -0.408 e. The van der Waals surface area contributed by atoms with Crippen LogP contribution in [0.25, 0.3) is 11.1 Å². The molecule has 0 saturated heterocycles. The lowest BCUT2D eigenvalue weighted by Gasteiger charge is -2.10. The molecule has 0 atom stereocenters. The largest absolute Gasteiger partial charge is 0.419 e. The fourth-order valence-corrected chi connectivity index (χ4v) is 2.36. The van der Waals surface area contributed by atoms with Gasteiger partial charge in [-0.1, -0.05) is 13.8 Å². The molecule has 1 N–H and O–H groups in total. The molecule has 2 aromatic rings. The fourth-order valence-electron chi connectivity index (χ4n) is 2.36. The highest BCUT2D eigenvalue weighted by Crippen LogP contribution is 2.18. The maximum Gasteiger partial charge on any atom is 0.419 e. The molecule has 0 aliphatic heterocycles. The molecule has 1 aromatic carbocycles. The number of rotatable bonds is 9. The molecule has 0 saturated carbocycles. The van der Waals surface area contributed by atoms with Gasteiger partial charge in [-0.05, 0) is 38.2 Å². The van der Waals surface area contributed by atoms with E-state index in [4.69, 9.17) is 9.15 Å². The van der Waals surface area contributed by atoms with Crippen molar-refractivity contribution in [1.29, 1.82) is 0 Å². The zero-order chi connectivity index (χ0) is 18.4. The maximum atomic E-state index is 12.0. The Labute approximate surface area is 147 Å². The highest BCUT2D eigenvalue weighted by Gasteiger charge is 2.11. The first-order chi connectivity index (χ1) is 11.9. The average molecular weight is 349 g/mol. The third-order valence-corrected chi connectivity index (χ3v) is 3.65. The van der Waals surface area contributed by atoms with Crippen molar-refractivity contribution in [3.05, 3.63) is 28.7 Å². The Bertz CT molecular complexity index is 761. The first-order valence-electron chi connectivity index (χ1n) is 8.52. The van der Waals surface area contributed by atoms with Crippen molar-refractivity contribution in [2.75, 3.05) is 39.2 Å². The molecular weight excluding hydrogens is 322 g/mol. The van der Waals surface area contributed by atoms with E-state index in [1.807, 2.05) is 19.0 Å². The van der Waals surface area contributed by atoms with Gasteiger partial charge in [0.15, 0.2) is 5.58 Å². The van der Waals surface area contributed by atoms with E-state index in [1.54, 1.807) is 22.8 Å². The van der Waals surface area contributed by atoms with E-state index in [9.17, 15) is 9.59 Å². The van der Waals surface area contributed by atoms with Gasteiger partial charge in [-0.25, -0.2) is 4.79 Å². The van der Waals surface area contributed by atoms with Crippen LogP contribution in [0.1, 0.15) is 20.3 Å². The second-order valence-electron chi connectivity index (χ2n) is 6.77. The van der Waals surface area contributed by atoms with Crippen molar-refractivity contribution in [2.24, 2.45) is 5.92 Å². The number of carbonyl (C=O) groups is 1. The van der Waals surface area contributed by atoms with Gasteiger partial charge in [-0.3, -0.25) is 9.36 Å². The molecule has 7 nitrogen and oxygen atoms in total. The molecule has 0 bridgehead atoms. The van der Waals surface area contributed by atoms with E-state index in [0.29, 0.717) is 48.9 Å². The lowest BCUT2D eigenvalue weighted by atomic mass is 10.2. The summed E-state index contributed by atoms with van der Waals surface area (Å²) in [5.41, 5.74) is 1.84. The Morgan fingerprint density at radius 3 is 2.80 bits per heavy atom. The van der Waals surface area contributed by atoms with E-state index in [-0.39, 0.29) is 11.7 Å². The predicted molar refractivity (Wildman–Crippen MR) is 97.9 cm³/mol. The predicted octanol–water partition coefficient (Wildman–Crippen LogP) is 2.16. The summed E-state index contributed by atoms with van der Waals surface area (Å²) in [7, 11) is 3.89. The van der Waals surface area contributed by atoms with Crippen molar-refractivity contribution in [3.8, 4) is 0 Å². The molecule has 25 heavy (non-hydrogen) atoms. The summed E-state index contributed by atoms with van der Waals surface area (Å²) in [6, 6.07) is 5.20. The van der Waals surface area contributed by atoms with Gasteiger partial charge in [-0.2, -0.15) is 0 Å². The quantitative estimate of drug-likeness (QED) is 0.702. The molecule has 0 spiro atoms. The van der Waals surface area contributed by atoms with Gasteiger partial charge in [-0.15, -0.1) is 0 Å². The number of likely N-dealkylation sites (N-methyl/N-ethyl adjacent to an activating group) is 1. The maximum absolute atomic E-state index is 12.0. The third kappa shape index (κ3) is 5.72. The number of hydrogen-bond donors (Lipinski definition) is 1. The van der Waals surface area contributed by atoms with Crippen LogP contribution >= 0.6 is 0 Å². The van der Waals surface area contributed by atoms with E-state index < -0.39 is 0 Å². The Morgan fingerprint density at radius 1 is 1.36 bits per heavy atom. The van der Waals surface area contributed by atoms with Gasteiger partial charge in [0.25, 0.3) is 0 Å². The number of nitrogens with one attached hydrogen (secondary N) is 1. The average Bonchev–Trinajstić information content (AvgIpc) is 2.84. The Hall–Kier alpha value is -2.12. The van der Waals surface area contributed by atoms with Crippen LogP contribution in [0, 0.1) is 5.92 Å². The zero-order valence-electron chi connectivity index (χ0n) is 15.4. The number of nitrogens with zero attached hydrogens (tertiary/aromatic N) is 2. The van der Waals surface area contributed by atoms with E-state index >= 15 is 0 Å². The number of amides is 1. The van der Waals surface area contributed by atoms with E-state index in [1.165, 1.54) is 0 Å². The number of anilines is 1. The molecule has 1 amide bonds. The first-order valence-corrected chi connectivity index (χ1v) is 8.52. The number of oxazole rings is 1. The summed E-state index contributed by atoms with van der Waals surface area (Å²) in [4.78, 5) is 26.0. The highest BCUT2D eigenvalue weighted by atomic mass is 16.5. The van der Waals surface area contributed by atoms with Gasteiger partial charge in [0.1, 0.15) is 0 Å². The van der Waals surface area contributed by atoms with Crippen LogP contribution < -0.4 is 11.1 Å². The molecule has 7 heteroatoms. The van der Waals surface area contributed by atoms with Crippen molar-refractivity contribution >= 4 is 22.7 Å². The molecule has 2 rings (SSSR count). The van der Waals surface area contributed by atoms with Crippen molar-refractivity contribution in [3.63, 3.8) is 0 Å². The molecule has 0 fully saturated rings. The Kier molecular flexibility index (Phi) is 6.78. The smallest absolute Gasteiger partial charge is 0.408 e. The molecule has 138 valence electrons. The fraction of sp³-hybridized carbons (Fsp3) is 0.556. The number of ether oxygens (including phenoxy) is 1. The van der Waals surface area contributed by atoms with Gasteiger partial charge in [0.05, 0.1) is 18.5 Å². The second-order valence-corrected chi connectivity index (χ2v) is 6.77. The van der Waals surface area contributed by atoms with Crippen LogP contribution in [0.2, 0.25) is 0 Å². The Balaban J connectivity index is 2.03. The topological polar surface area (TPSA) is 76.7 Å². The SMILES string of the molecule is CC(C)COCCC(=O)Nc1ccc2oc(=O)n(CCN(C)C)c2c1. The minimum atomic E-state index is -0.387. The van der Waals surface area contributed by atoms with Crippen molar-refractivity contribution in [2.45, 2.75) is 26.8 Å². The first kappa shape index (κ1) is 19.2. The molecular formula is C18H27N3O4. The molecule has 1 heterocycles. The number of carbonyl (C=O) groups excluding carboxylic acids is 1. The lowest BCUT2D eigenvalue weighted by Crippen LogP contribution is -2.23. The summed E-state index contributed by atoms with van der Waals surface area (Å²) in [6.07, 6.45) is 0.295. The normalized spacial score (nSPS) is 11.6. The van der Waals surface area contributed by atoms with Crippen LogP contribution in [-0.2, 0) is 16.1 Å². The number of hydrogen-bond acceptors (Lipinski definition) is 5. The Morgan fingerprint density at radius 2 is 2.12 bits per heavy atom. The summed E-state index contributed by atoms with van der Waals surface area (Å²) >= 11 is 0. The van der Waals surface area contributed by atoms with Crippen molar-refractivity contribution in [1.82, 2.24) is 9.47 Å². The van der Waals surface area contributed by atoms with Crippen LogP contribution in [0.15, 0.2) is 27.4 Å². The van der Waals surface area contributed by atoms with Crippen LogP contribution in [0.5, 0.6) is 0 Å². The highest BCUT2D eigenvalue weighted by molar-refractivity contribution is 5.92. The van der Waals surface area contributed by atoms with E-state index in [0.717, 1.165) is 6.54 Å². The van der Waals surface area contributed by atoms with Crippen molar-refractivity contribution < 1.29 is 13.9 Å². The number of aromatic nitrogens is 1. The summed E-state index contributed by atoms with van der Waals surface area (Å²) in [5.74, 6) is -0.0540. The summed E-state index contributed by atoms with van der Waals surface area (Å²) < 4.78 is 12.3. The lowest BCUT2D eigenvalue weighted by molar-refractivity contribution is -0.117. The number of benzene rings is 1. The monoisotopic (exact) mass is 349 g/mol. The van der Waals surface area contributed by atoms with Crippen LogP contribution in [-0.4, -0.2) is 49.2 Å². The zero-order valence-corrected chi connectivity index (χ0v) is 15.4. The second kappa shape index (κ2) is 8.82. The number of fused-ring (bicyclic) bond motifs is 1. The van der Waals surface area contributed by atoms with Gasteiger partial charge in [0, 0.05) is 25.4 Å². The summed E-state index contributed by atoms with van der Waals surface area (Å²) in [6.45, 7) is 6.42. The van der Waals surface area contributed by atoms with Crippen LogP contribution in [0.4, 0.5) is 5.69 Å².